The van der Waals surface area contributed by atoms with Gasteiger partial charge in [0.15, 0.2) is 0 Å². The first-order chi connectivity index (χ1) is 14.0. The topological polar surface area (TPSA) is 105 Å². The Morgan fingerprint density at radius 2 is 1.62 bits per heavy atom. The van der Waals surface area contributed by atoms with Gasteiger partial charge in [0.1, 0.15) is 11.7 Å². The standard InChI is InChI=1S/C20H17F2N3O4/c21-19(22)29-16-7-3-12(4-8-16)14-9-23-20(24-10-14)25-15-5-1-13(2-6-15)17(11-26)18(27)28/h1-10,17,19,26H,11H2,(H,27,28)(H,23,24,25)/t17-/m0/s1. The van der Waals surface area contributed by atoms with Crippen molar-refractivity contribution >= 4 is 17.6 Å². The van der Waals surface area contributed by atoms with E-state index in [9.17, 15) is 18.7 Å². The van der Waals surface area contributed by atoms with Crippen LogP contribution in [0.2, 0.25) is 0 Å². The van der Waals surface area contributed by atoms with Crippen LogP contribution in [0.15, 0.2) is 60.9 Å². The van der Waals surface area contributed by atoms with E-state index in [4.69, 9.17) is 5.11 Å². The summed E-state index contributed by atoms with van der Waals surface area (Å²) < 4.78 is 28.7. The van der Waals surface area contributed by atoms with Crippen molar-refractivity contribution < 1.29 is 28.5 Å². The number of nitrogens with one attached hydrogen (secondary N) is 1. The molecular formula is C20H17F2N3O4. The number of anilines is 2. The van der Waals surface area contributed by atoms with Crippen molar-refractivity contribution in [3.05, 3.63) is 66.5 Å². The first-order valence-electron chi connectivity index (χ1n) is 8.54. The molecule has 9 heteroatoms. The third-order valence-electron chi connectivity index (χ3n) is 4.11. The van der Waals surface area contributed by atoms with Crippen LogP contribution in [0.3, 0.4) is 0 Å². The number of alkyl halides is 2. The molecule has 2 aromatic carbocycles. The van der Waals surface area contributed by atoms with Crippen LogP contribution in [0.1, 0.15) is 11.5 Å². The lowest BCUT2D eigenvalue weighted by atomic mass is 10.00. The number of carboxylic acids is 1. The molecule has 3 rings (SSSR count). The number of rotatable bonds is 8. The third kappa shape index (κ3) is 5.23. The number of hydrogen-bond acceptors (Lipinski definition) is 6. The quantitative estimate of drug-likeness (QED) is 0.529. The number of ether oxygens (including phenoxy) is 1. The van der Waals surface area contributed by atoms with E-state index in [2.05, 4.69) is 20.0 Å². The summed E-state index contributed by atoms with van der Waals surface area (Å²) in [5.74, 6) is -1.67. The Morgan fingerprint density at radius 1 is 1.00 bits per heavy atom. The average Bonchev–Trinajstić information content (AvgIpc) is 2.70. The van der Waals surface area contributed by atoms with E-state index in [1.165, 1.54) is 12.1 Å². The fourth-order valence-electron chi connectivity index (χ4n) is 2.62. The van der Waals surface area contributed by atoms with Crippen molar-refractivity contribution in [2.75, 3.05) is 11.9 Å². The largest absolute Gasteiger partial charge is 0.481 e. The lowest BCUT2D eigenvalue weighted by molar-refractivity contribution is -0.139. The fourth-order valence-corrected chi connectivity index (χ4v) is 2.62. The van der Waals surface area contributed by atoms with Gasteiger partial charge in [0, 0.05) is 23.6 Å². The van der Waals surface area contributed by atoms with Crippen LogP contribution in [0.5, 0.6) is 5.75 Å². The minimum atomic E-state index is -2.87. The fraction of sp³-hybridized carbons (Fsp3) is 0.150. The maximum absolute atomic E-state index is 12.2. The van der Waals surface area contributed by atoms with E-state index in [-0.39, 0.29) is 5.75 Å². The number of aliphatic hydroxyl groups excluding tert-OH is 1. The van der Waals surface area contributed by atoms with Gasteiger partial charge in [0.2, 0.25) is 5.95 Å². The van der Waals surface area contributed by atoms with Gasteiger partial charge in [-0.05, 0) is 35.4 Å². The summed E-state index contributed by atoms with van der Waals surface area (Å²) in [5, 5.41) is 21.2. The van der Waals surface area contributed by atoms with Crippen molar-refractivity contribution in [1.29, 1.82) is 0 Å². The molecule has 0 fully saturated rings. The number of hydrogen-bond donors (Lipinski definition) is 3. The molecule has 3 N–H and O–H groups in total. The number of halogens is 2. The van der Waals surface area contributed by atoms with Crippen molar-refractivity contribution in [1.82, 2.24) is 9.97 Å². The number of aliphatic carboxylic acids is 1. The predicted octanol–water partition coefficient (Wildman–Crippen LogP) is 3.65. The molecule has 0 aliphatic heterocycles. The normalized spacial score (nSPS) is 11.9. The lowest BCUT2D eigenvalue weighted by Crippen LogP contribution is -2.15. The SMILES string of the molecule is O=C(O)[C@@H](CO)c1ccc(Nc2ncc(-c3ccc(OC(F)F)cc3)cn2)cc1. The van der Waals surface area contributed by atoms with E-state index < -0.39 is 25.1 Å². The molecule has 0 radical (unpaired) electrons. The maximum Gasteiger partial charge on any atom is 0.387 e. The minimum Gasteiger partial charge on any atom is -0.481 e. The number of carboxylic acid groups (broad SMARTS) is 1. The second-order valence-electron chi connectivity index (χ2n) is 6.02. The van der Waals surface area contributed by atoms with Crippen molar-refractivity contribution in [2.45, 2.75) is 12.5 Å². The molecule has 150 valence electrons. The molecule has 1 aromatic heterocycles. The van der Waals surface area contributed by atoms with Gasteiger partial charge in [-0.3, -0.25) is 4.79 Å². The van der Waals surface area contributed by atoms with Crippen LogP contribution >= 0.6 is 0 Å². The molecular weight excluding hydrogens is 384 g/mol. The molecule has 0 saturated carbocycles. The Balaban J connectivity index is 1.67. The molecule has 0 aliphatic rings. The highest BCUT2D eigenvalue weighted by Gasteiger charge is 2.18. The third-order valence-corrected chi connectivity index (χ3v) is 4.11. The van der Waals surface area contributed by atoms with Crippen molar-refractivity contribution in [2.24, 2.45) is 0 Å². The first-order valence-corrected chi connectivity index (χ1v) is 8.54. The maximum atomic E-state index is 12.2. The summed E-state index contributed by atoms with van der Waals surface area (Å²) in [6, 6.07) is 12.7. The summed E-state index contributed by atoms with van der Waals surface area (Å²) in [4.78, 5) is 19.5. The van der Waals surface area contributed by atoms with E-state index >= 15 is 0 Å². The van der Waals surface area contributed by atoms with Gasteiger partial charge in [0.25, 0.3) is 0 Å². The average molecular weight is 401 g/mol. The number of aromatic nitrogens is 2. The lowest BCUT2D eigenvalue weighted by Gasteiger charge is -2.11. The molecule has 0 bridgehead atoms. The molecule has 0 unspecified atom stereocenters. The van der Waals surface area contributed by atoms with Crippen LogP contribution in [0.25, 0.3) is 11.1 Å². The molecule has 29 heavy (non-hydrogen) atoms. The molecule has 0 aliphatic carbocycles. The van der Waals surface area contributed by atoms with Gasteiger partial charge >= 0.3 is 12.6 Å². The van der Waals surface area contributed by atoms with Crippen LogP contribution in [-0.4, -0.2) is 39.4 Å². The molecule has 0 amide bonds. The molecule has 7 nitrogen and oxygen atoms in total. The van der Waals surface area contributed by atoms with Crippen molar-refractivity contribution in [3.63, 3.8) is 0 Å². The molecule has 0 spiro atoms. The molecule has 0 saturated heterocycles. The highest BCUT2D eigenvalue weighted by Crippen LogP contribution is 2.24. The zero-order chi connectivity index (χ0) is 20.8. The molecule has 1 heterocycles. The second-order valence-corrected chi connectivity index (χ2v) is 6.02. The smallest absolute Gasteiger partial charge is 0.387 e. The second kappa shape index (κ2) is 9.07. The zero-order valence-corrected chi connectivity index (χ0v) is 15.0. The highest BCUT2D eigenvalue weighted by molar-refractivity contribution is 5.76. The van der Waals surface area contributed by atoms with Gasteiger partial charge in [-0.25, -0.2) is 9.97 Å². The van der Waals surface area contributed by atoms with Gasteiger partial charge in [0.05, 0.1) is 6.61 Å². The van der Waals surface area contributed by atoms with Gasteiger partial charge in [-0.2, -0.15) is 8.78 Å². The Hall–Kier alpha value is -3.59. The van der Waals surface area contributed by atoms with Gasteiger partial charge in [-0.15, -0.1) is 0 Å². The van der Waals surface area contributed by atoms with Crippen LogP contribution in [0, 0.1) is 0 Å². The Morgan fingerprint density at radius 3 is 2.14 bits per heavy atom. The van der Waals surface area contributed by atoms with E-state index in [1.807, 2.05) is 0 Å². The molecule has 1 atom stereocenters. The van der Waals surface area contributed by atoms with E-state index in [0.29, 0.717) is 22.8 Å². The zero-order valence-electron chi connectivity index (χ0n) is 15.0. The number of benzene rings is 2. The summed E-state index contributed by atoms with van der Waals surface area (Å²) >= 11 is 0. The predicted molar refractivity (Wildman–Crippen MR) is 101 cm³/mol. The van der Waals surface area contributed by atoms with E-state index in [0.717, 1.165) is 5.56 Å². The summed E-state index contributed by atoms with van der Waals surface area (Å²) in [6.45, 7) is -3.36. The Bertz CT molecular complexity index is 949. The molecule has 3 aromatic rings. The number of nitrogens with zero attached hydrogens (tertiary/aromatic N) is 2. The summed E-state index contributed by atoms with van der Waals surface area (Å²) in [6.07, 6.45) is 3.16. The summed E-state index contributed by atoms with van der Waals surface area (Å²) in [7, 11) is 0. The van der Waals surface area contributed by atoms with Crippen LogP contribution in [-0.2, 0) is 4.79 Å². The Labute approximate surface area is 164 Å². The minimum absolute atomic E-state index is 0.0673. The van der Waals surface area contributed by atoms with Crippen molar-refractivity contribution in [3.8, 4) is 16.9 Å². The van der Waals surface area contributed by atoms with Gasteiger partial charge < -0.3 is 20.3 Å². The van der Waals surface area contributed by atoms with Crippen LogP contribution < -0.4 is 10.1 Å². The van der Waals surface area contributed by atoms with Crippen LogP contribution in [0.4, 0.5) is 20.4 Å². The number of carbonyl (C=O) groups is 1. The summed E-state index contributed by atoms with van der Waals surface area (Å²) in [5.41, 5.74) is 2.58. The van der Waals surface area contributed by atoms with Gasteiger partial charge in [-0.1, -0.05) is 24.3 Å². The number of aliphatic hydroxyl groups is 1. The first kappa shape index (κ1) is 20.2. The van der Waals surface area contributed by atoms with E-state index in [1.54, 1.807) is 48.8 Å². The highest BCUT2D eigenvalue weighted by atomic mass is 19.3. The monoisotopic (exact) mass is 401 g/mol. The Kier molecular flexibility index (Phi) is 6.30.